The second-order valence-electron chi connectivity index (χ2n) is 6.65. The third-order valence-electron chi connectivity index (χ3n) is 4.26. The Morgan fingerprint density at radius 2 is 2.04 bits per heavy atom. The van der Waals surface area contributed by atoms with Gasteiger partial charge in [-0.2, -0.15) is 5.10 Å². The number of hydrogen-bond donors (Lipinski definition) is 2. The first-order valence-electron chi connectivity index (χ1n) is 8.38. The SMILES string of the molecule is CCn1nc(C)c([C@H](C)NC(=O)C(C)(C)NC(=O)c2cccs2)c1C. The van der Waals surface area contributed by atoms with Gasteiger partial charge in [0.15, 0.2) is 0 Å². The van der Waals surface area contributed by atoms with Crippen molar-refractivity contribution in [1.82, 2.24) is 20.4 Å². The zero-order valence-corrected chi connectivity index (χ0v) is 16.5. The molecule has 0 radical (unpaired) electrons. The van der Waals surface area contributed by atoms with Gasteiger partial charge in [-0.15, -0.1) is 11.3 Å². The van der Waals surface area contributed by atoms with Gasteiger partial charge >= 0.3 is 0 Å². The number of hydrogen-bond acceptors (Lipinski definition) is 4. The molecule has 2 aromatic rings. The Labute approximate surface area is 152 Å². The minimum Gasteiger partial charge on any atom is -0.347 e. The van der Waals surface area contributed by atoms with Gasteiger partial charge in [0.25, 0.3) is 5.91 Å². The molecule has 136 valence electrons. The van der Waals surface area contributed by atoms with Gasteiger partial charge in [-0.25, -0.2) is 0 Å². The maximum absolute atomic E-state index is 12.7. The van der Waals surface area contributed by atoms with Crippen molar-refractivity contribution in [3.05, 3.63) is 39.3 Å². The van der Waals surface area contributed by atoms with Crippen LogP contribution in [0.25, 0.3) is 0 Å². The van der Waals surface area contributed by atoms with Crippen LogP contribution >= 0.6 is 11.3 Å². The molecule has 0 spiro atoms. The summed E-state index contributed by atoms with van der Waals surface area (Å²) in [6, 6.07) is 3.36. The summed E-state index contributed by atoms with van der Waals surface area (Å²) >= 11 is 1.35. The number of amides is 2. The monoisotopic (exact) mass is 362 g/mol. The van der Waals surface area contributed by atoms with Gasteiger partial charge in [0, 0.05) is 17.8 Å². The van der Waals surface area contributed by atoms with E-state index < -0.39 is 5.54 Å². The molecule has 2 rings (SSSR count). The second-order valence-corrected chi connectivity index (χ2v) is 7.60. The topological polar surface area (TPSA) is 76.0 Å². The van der Waals surface area contributed by atoms with Crippen molar-refractivity contribution in [1.29, 1.82) is 0 Å². The van der Waals surface area contributed by atoms with E-state index in [1.807, 2.05) is 43.8 Å². The van der Waals surface area contributed by atoms with E-state index in [2.05, 4.69) is 15.7 Å². The lowest BCUT2D eigenvalue weighted by Gasteiger charge is -2.27. The molecule has 2 amide bonds. The fourth-order valence-electron chi connectivity index (χ4n) is 2.90. The zero-order chi connectivity index (χ0) is 18.8. The van der Waals surface area contributed by atoms with Crippen LogP contribution in [0, 0.1) is 13.8 Å². The Morgan fingerprint density at radius 1 is 1.36 bits per heavy atom. The number of nitrogens with zero attached hydrogens (tertiary/aromatic N) is 2. The Kier molecular flexibility index (Phi) is 5.67. The molecule has 0 fully saturated rings. The summed E-state index contributed by atoms with van der Waals surface area (Å²) in [5, 5.41) is 12.1. The molecule has 2 heterocycles. The van der Waals surface area contributed by atoms with Crippen molar-refractivity contribution in [2.45, 2.75) is 59.7 Å². The summed E-state index contributed by atoms with van der Waals surface area (Å²) in [7, 11) is 0. The summed E-state index contributed by atoms with van der Waals surface area (Å²) in [5.41, 5.74) is 1.97. The van der Waals surface area contributed by atoms with Crippen molar-refractivity contribution < 1.29 is 9.59 Å². The predicted octanol–water partition coefficient (Wildman–Crippen LogP) is 2.97. The lowest BCUT2D eigenvalue weighted by molar-refractivity contribution is -0.126. The highest BCUT2D eigenvalue weighted by atomic mass is 32.1. The molecule has 0 unspecified atom stereocenters. The highest BCUT2D eigenvalue weighted by molar-refractivity contribution is 7.12. The van der Waals surface area contributed by atoms with E-state index in [0.29, 0.717) is 4.88 Å². The zero-order valence-electron chi connectivity index (χ0n) is 15.6. The first kappa shape index (κ1) is 19.2. The van der Waals surface area contributed by atoms with E-state index in [-0.39, 0.29) is 17.9 Å². The molecule has 6 nitrogen and oxygen atoms in total. The number of aromatic nitrogens is 2. The van der Waals surface area contributed by atoms with E-state index in [1.165, 1.54) is 11.3 Å². The van der Waals surface area contributed by atoms with E-state index in [4.69, 9.17) is 0 Å². The van der Waals surface area contributed by atoms with Gasteiger partial charge < -0.3 is 10.6 Å². The fraction of sp³-hybridized carbons (Fsp3) is 0.500. The fourth-order valence-corrected chi connectivity index (χ4v) is 3.52. The van der Waals surface area contributed by atoms with Crippen LogP contribution < -0.4 is 10.6 Å². The van der Waals surface area contributed by atoms with Crippen LogP contribution in [0.3, 0.4) is 0 Å². The van der Waals surface area contributed by atoms with Crippen LogP contribution in [-0.4, -0.2) is 27.1 Å². The first-order chi connectivity index (χ1) is 11.7. The van der Waals surface area contributed by atoms with Gasteiger partial charge in [-0.1, -0.05) is 6.07 Å². The Balaban J connectivity index is 2.09. The summed E-state index contributed by atoms with van der Waals surface area (Å²) < 4.78 is 1.93. The molecule has 0 saturated heterocycles. The Hall–Kier alpha value is -2.15. The molecule has 0 bridgehead atoms. The van der Waals surface area contributed by atoms with E-state index >= 15 is 0 Å². The molecule has 0 aliphatic carbocycles. The van der Waals surface area contributed by atoms with Gasteiger partial charge in [0.2, 0.25) is 5.91 Å². The number of thiophene rings is 1. The Morgan fingerprint density at radius 3 is 2.56 bits per heavy atom. The summed E-state index contributed by atoms with van der Waals surface area (Å²) in [6.07, 6.45) is 0. The van der Waals surface area contributed by atoms with Crippen LogP contribution in [-0.2, 0) is 11.3 Å². The second kappa shape index (κ2) is 7.39. The molecular formula is C18H26N4O2S. The number of nitrogens with one attached hydrogen (secondary N) is 2. The van der Waals surface area contributed by atoms with Crippen LogP contribution in [0.1, 0.15) is 60.4 Å². The lowest BCUT2D eigenvalue weighted by atomic mass is 10.0. The minimum absolute atomic E-state index is 0.189. The average molecular weight is 362 g/mol. The van der Waals surface area contributed by atoms with Crippen LogP contribution in [0.4, 0.5) is 0 Å². The van der Waals surface area contributed by atoms with Gasteiger partial charge in [-0.05, 0) is 53.0 Å². The maximum Gasteiger partial charge on any atom is 0.262 e. The van der Waals surface area contributed by atoms with Crippen molar-refractivity contribution in [2.75, 3.05) is 0 Å². The van der Waals surface area contributed by atoms with E-state index in [1.54, 1.807) is 19.9 Å². The summed E-state index contributed by atoms with van der Waals surface area (Å²) in [4.78, 5) is 25.5. The third kappa shape index (κ3) is 4.10. The molecule has 1 atom stereocenters. The maximum atomic E-state index is 12.7. The van der Waals surface area contributed by atoms with E-state index in [0.717, 1.165) is 23.5 Å². The molecule has 2 N–H and O–H groups in total. The Bertz CT molecular complexity index is 762. The molecule has 25 heavy (non-hydrogen) atoms. The standard InChI is InChI=1S/C18H26N4O2S/c1-7-22-13(4)15(12(3)21-22)11(2)19-17(24)18(5,6)20-16(23)14-9-8-10-25-14/h8-11H,7H2,1-6H3,(H,19,24)(H,20,23)/t11-/m0/s1. The van der Waals surface area contributed by atoms with Crippen LogP contribution in [0.5, 0.6) is 0 Å². The molecule has 7 heteroatoms. The predicted molar refractivity (Wildman–Crippen MR) is 99.8 cm³/mol. The van der Waals surface area contributed by atoms with Gasteiger partial charge in [0.1, 0.15) is 5.54 Å². The summed E-state index contributed by atoms with van der Waals surface area (Å²) in [5.74, 6) is -0.470. The largest absolute Gasteiger partial charge is 0.347 e. The molecule has 0 aromatic carbocycles. The van der Waals surface area contributed by atoms with Crippen molar-refractivity contribution in [3.63, 3.8) is 0 Å². The smallest absolute Gasteiger partial charge is 0.262 e. The highest BCUT2D eigenvalue weighted by Gasteiger charge is 2.32. The van der Waals surface area contributed by atoms with Gasteiger partial charge in [-0.3, -0.25) is 14.3 Å². The molecule has 0 aliphatic heterocycles. The van der Waals surface area contributed by atoms with Crippen LogP contribution in [0.15, 0.2) is 17.5 Å². The molecule has 2 aromatic heterocycles. The molecule has 0 aliphatic rings. The van der Waals surface area contributed by atoms with Crippen molar-refractivity contribution in [2.24, 2.45) is 0 Å². The number of rotatable bonds is 6. The summed E-state index contributed by atoms with van der Waals surface area (Å²) in [6.45, 7) is 12.1. The highest BCUT2D eigenvalue weighted by Crippen LogP contribution is 2.22. The average Bonchev–Trinajstić information content (AvgIpc) is 3.14. The quantitative estimate of drug-likeness (QED) is 0.829. The van der Waals surface area contributed by atoms with Crippen molar-refractivity contribution >= 4 is 23.2 Å². The minimum atomic E-state index is -1.02. The number of carbonyl (C=O) groups is 2. The number of carbonyl (C=O) groups excluding carboxylic acids is 2. The first-order valence-corrected chi connectivity index (χ1v) is 9.26. The van der Waals surface area contributed by atoms with E-state index in [9.17, 15) is 9.59 Å². The normalized spacial score (nSPS) is 12.7. The van der Waals surface area contributed by atoms with Gasteiger partial charge in [0.05, 0.1) is 16.6 Å². The third-order valence-corrected chi connectivity index (χ3v) is 5.12. The van der Waals surface area contributed by atoms with Crippen molar-refractivity contribution in [3.8, 4) is 0 Å². The molecule has 0 saturated carbocycles. The van der Waals surface area contributed by atoms with Crippen LogP contribution in [0.2, 0.25) is 0 Å². The lowest BCUT2D eigenvalue weighted by Crippen LogP contribution is -2.55. The number of aryl methyl sites for hydroxylation is 2. The molecular weight excluding hydrogens is 336 g/mol.